The van der Waals surface area contributed by atoms with Gasteiger partial charge in [-0.3, -0.25) is 4.57 Å². The lowest BCUT2D eigenvalue weighted by molar-refractivity contribution is 0.306. The van der Waals surface area contributed by atoms with E-state index in [4.69, 9.17) is 4.74 Å². The maximum absolute atomic E-state index is 11.4. The lowest BCUT2D eigenvalue weighted by Crippen LogP contribution is -2.16. The number of nitrogens with one attached hydrogen (secondary N) is 1. The molecule has 4 nitrogen and oxygen atoms in total. The minimum absolute atomic E-state index is 0.0834. The van der Waals surface area contributed by atoms with Gasteiger partial charge < -0.3 is 9.72 Å². The molecule has 4 heteroatoms. The van der Waals surface area contributed by atoms with E-state index < -0.39 is 0 Å². The third-order valence-corrected chi connectivity index (χ3v) is 3.02. The molecule has 0 saturated carbocycles. The second kappa shape index (κ2) is 6.83. The van der Waals surface area contributed by atoms with Gasteiger partial charge >= 0.3 is 5.69 Å². The molecule has 1 heterocycles. The Morgan fingerprint density at radius 3 is 2.63 bits per heavy atom. The SMILES string of the molecule is CCCCCOc1ccc(Cn2cc[nH]c2=O)cc1. The van der Waals surface area contributed by atoms with Crippen LogP contribution in [0.1, 0.15) is 31.7 Å². The Bertz CT molecular complexity index is 540. The summed E-state index contributed by atoms with van der Waals surface area (Å²) in [5.41, 5.74) is 1.00. The molecule has 0 spiro atoms. The van der Waals surface area contributed by atoms with Crippen molar-refractivity contribution in [3.05, 3.63) is 52.7 Å². The van der Waals surface area contributed by atoms with E-state index in [0.717, 1.165) is 24.3 Å². The first kappa shape index (κ1) is 13.5. The maximum atomic E-state index is 11.4. The van der Waals surface area contributed by atoms with Gasteiger partial charge in [-0.2, -0.15) is 0 Å². The normalized spacial score (nSPS) is 10.6. The van der Waals surface area contributed by atoms with Gasteiger partial charge in [0.25, 0.3) is 0 Å². The standard InChI is InChI=1S/C15H20N2O2/c1-2-3-4-11-19-14-7-5-13(6-8-14)12-17-10-9-16-15(17)18/h5-10H,2-4,11-12H2,1H3,(H,16,18). The van der Waals surface area contributed by atoms with Crippen molar-refractivity contribution in [1.29, 1.82) is 0 Å². The van der Waals surface area contributed by atoms with Crippen LogP contribution >= 0.6 is 0 Å². The van der Waals surface area contributed by atoms with Crippen molar-refractivity contribution in [2.75, 3.05) is 6.61 Å². The van der Waals surface area contributed by atoms with E-state index >= 15 is 0 Å². The summed E-state index contributed by atoms with van der Waals surface area (Å²) in [6.07, 6.45) is 6.89. The van der Waals surface area contributed by atoms with Crippen LogP contribution in [0.25, 0.3) is 0 Å². The topological polar surface area (TPSA) is 47.0 Å². The van der Waals surface area contributed by atoms with Crippen LogP contribution in [0.3, 0.4) is 0 Å². The number of rotatable bonds is 7. The predicted octanol–water partition coefficient (Wildman–Crippen LogP) is 2.79. The summed E-state index contributed by atoms with van der Waals surface area (Å²) in [5, 5.41) is 0. The zero-order chi connectivity index (χ0) is 13.5. The molecule has 2 rings (SSSR count). The third kappa shape index (κ3) is 4.02. The number of imidazole rings is 1. The summed E-state index contributed by atoms with van der Waals surface area (Å²) < 4.78 is 7.28. The fourth-order valence-corrected chi connectivity index (χ4v) is 1.90. The highest BCUT2D eigenvalue weighted by molar-refractivity contribution is 5.27. The van der Waals surface area contributed by atoms with E-state index in [9.17, 15) is 4.79 Å². The van der Waals surface area contributed by atoms with Gasteiger partial charge in [-0.05, 0) is 24.1 Å². The second-order valence-electron chi connectivity index (χ2n) is 4.59. The highest BCUT2D eigenvalue weighted by Gasteiger charge is 1.99. The van der Waals surface area contributed by atoms with Crippen LogP contribution in [0, 0.1) is 0 Å². The Balaban J connectivity index is 1.88. The van der Waals surface area contributed by atoms with Gasteiger partial charge in [0, 0.05) is 12.4 Å². The summed E-state index contributed by atoms with van der Waals surface area (Å²) in [6, 6.07) is 7.90. The molecule has 0 saturated heterocycles. The smallest absolute Gasteiger partial charge is 0.325 e. The first-order chi connectivity index (χ1) is 9.29. The molecule has 19 heavy (non-hydrogen) atoms. The van der Waals surface area contributed by atoms with E-state index in [0.29, 0.717) is 6.54 Å². The number of aromatic amines is 1. The minimum Gasteiger partial charge on any atom is -0.494 e. The molecule has 1 N–H and O–H groups in total. The van der Waals surface area contributed by atoms with Crippen LogP contribution in [-0.4, -0.2) is 16.2 Å². The molecule has 0 fully saturated rings. The van der Waals surface area contributed by atoms with Gasteiger partial charge in [0.05, 0.1) is 13.2 Å². The molecule has 2 aromatic rings. The van der Waals surface area contributed by atoms with Gasteiger partial charge in [-0.25, -0.2) is 4.79 Å². The van der Waals surface area contributed by atoms with Crippen molar-refractivity contribution >= 4 is 0 Å². The Hall–Kier alpha value is -1.97. The van der Waals surface area contributed by atoms with Crippen molar-refractivity contribution in [2.24, 2.45) is 0 Å². The van der Waals surface area contributed by atoms with E-state index in [-0.39, 0.29) is 5.69 Å². The third-order valence-electron chi connectivity index (χ3n) is 3.02. The Labute approximate surface area is 113 Å². The Morgan fingerprint density at radius 1 is 1.21 bits per heavy atom. The number of hydrogen-bond acceptors (Lipinski definition) is 2. The summed E-state index contributed by atoms with van der Waals surface area (Å²) in [4.78, 5) is 14.0. The van der Waals surface area contributed by atoms with Crippen LogP contribution in [0.2, 0.25) is 0 Å². The van der Waals surface area contributed by atoms with Crippen molar-refractivity contribution < 1.29 is 4.74 Å². The van der Waals surface area contributed by atoms with Crippen molar-refractivity contribution in [1.82, 2.24) is 9.55 Å². The van der Waals surface area contributed by atoms with Crippen LogP contribution in [0.5, 0.6) is 5.75 Å². The number of benzene rings is 1. The molecule has 0 amide bonds. The molecule has 0 aliphatic carbocycles. The Morgan fingerprint density at radius 2 is 2.00 bits per heavy atom. The monoisotopic (exact) mass is 260 g/mol. The molecule has 1 aromatic carbocycles. The first-order valence-electron chi connectivity index (χ1n) is 6.75. The number of H-pyrrole nitrogens is 1. The fraction of sp³-hybridized carbons (Fsp3) is 0.400. The van der Waals surface area contributed by atoms with E-state index in [1.807, 2.05) is 24.3 Å². The molecule has 1 aromatic heterocycles. The molecular weight excluding hydrogens is 240 g/mol. The average molecular weight is 260 g/mol. The number of nitrogens with zero attached hydrogens (tertiary/aromatic N) is 1. The predicted molar refractivity (Wildman–Crippen MR) is 75.6 cm³/mol. The van der Waals surface area contributed by atoms with Crippen molar-refractivity contribution in [3.8, 4) is 5.75 Å². The summed E-state index contributed by atoms with van der Waals surface area (Å²) in [5.74, 6) is 0.890. The van der Waals surface area contributed by atoms with Crippen molar-refractivity contribution in [2.45, 2.75) is 32.7 Å². The van der Waals surface area contributed by atoms with Gasteiger partial charge in [0.2, 0.25) is 0 Å². The van der Waals surface area contributed by atoms with Crippen LogP contribution < -0.4 is 10.4 Å². The molecular formula is C15H20N2O2. The molecule has 0 bridgehead atoms. The summed E-state index contributed by atoms with van der Waals surface area (Å²) >= 11 is 0. The number of ether oxygens (including phenoxy) is 1. The molecule has 102 valence electrons. The van der Waals surface area contributed by atoms with Crippen LogP contribution in [0.4, 0.5) is 0 Å². The van der Waals surface area contributed by atoms with Gasteiger partial charge in [-0.1, -0.05) is 31.9 Å². The van der Waals surface area contributed by atoms with E-state index in [1.165, 1.54) is 12.8 Å². The quantitative estimate of drug-likeness (QED) is 0.778. The lowest BCUT2D eigenvalue weighted by atomic mass is 10.2. The van der Waals surface area contributed by atoms with Gasteiger partial charge in [-0.15, -0.1) is 0 Å². The minimum atomic E-state index is -0.0834. The zero-order valence-electron chi connectivity index (χ0n) is 11.3. The number of unbranched alkanes of at least 4 members (excludes halogenated alkanes) is 2. The van der Waals surface area contributed by atoms with Crippen LogP contribution in [-0.2, 0) is 6.54 Å². The largest absolute Gasteiger partial charge is 0.494 e. The summed E-state index contributed by atoms with van der Waals surface area (Å²) in [7, 11) is 0. The van der Waals surface area contributed by atoms with Gasteiger partial charge in [0.15, 0.2) is 0 Å². The van der Waals surface area contributed by atoms with Crippen LogP contribution in [0.15, 0.2) is 41.5 Å². The number of hydrogen-bond donors (Lipinski definition) is 1. The first-order valence-corrected chi connectivity index (χ1v) is 6.75. The van der Waals surface area contributed by atoms with Crippen molar-refractivity contribution in [3.63, 3.8) is 0 Å². The fourth-order valence-electron chi connectivity index (χ4n) is 1.90. The molecule has 0 aliphatic rings. The Kier molecular flexibility index (Phi) is 4.84. The maximum Gasteiger partial charge on any atom is 0.325 e. The van der Waals surface area contributed by atoms with E-state index in [1.54, 1.807) is 17.0 Å². The lowest BCUT2D eigenvalue weighted by Gasteiger charge is -2.07. The highest BCUT2D eigenvalue weighted by Crippen LogP contribution is 2.13. The summed E-state index contributed by atoms with van der Waals surface area (Å²) in [6.45, 7) is 3.53. The molecule has 0 aliphatic heterocycles. The van der Waals surface area contributed by atoms with E-state index in [2.05, 4.69) is 11.9 Å². The highest BCUT2D eigenvalue weighted by atomic mass is 16.5. The molecule has 0 radical (unpaired) electrons. The second-order valence-corrected chi connectivity index (χ2v) is 4.59. The number of aromatic nitrogens is 2. The average Bonchev–Trinajstić information content (AvgIpc) is 2.82. The van der Waals surface area contributed by atoms with Gasteiger partial charge in [0.1, 0.15) is 5.75 Å². The molecule has 0 unspecified atom stereocenters. The zero-order valence-corrected chi connectivity index (χ0v) is 11.3. The molecule has 0 atom stereocenters.